The number of esters is 1. The van der Waals surface area contributed by atoms with Crippen LogP contribution >= 0.6 is 0 Å². The second-order valence-corrected chi connectivity index (χ2v) is 7.29. The highest BCUT2D eigenvalue weighted by molar-refractivity contribution is 5.96. The van der Waals surface area contributed by atoms with E-state index in [0.29, 0.717) is 6.54 Å². The summed E-state index contributed by atoms with van der Waals surface area (Å²) in [4.78, 5) is 49.4. The minimum Gasteiger partial charge on any atom is -0.455 e. The van der Waals surface area contributed by atoms with Crippen LogP contribution in [0.15, 0.2) is 30.3 Å². The van der Waals surface area contributed by atoms with Crippen molar-refractivity contribution in [3.8, 4) is 0 Å². The van der Waals surface area contributed by atoms with E-state index >= 15 is 0 Å². The van der Waals surface area contributed by atoms with Crippen LogP contribution in [0.5, 0.6) is 0 Å². The first-order valence-electron chi connectivity index (χ1n) is 9.36. The van der Waals surface area contributed by atoms with E-state index in [1.54, 1.807) is 4.90 Å². The lowest BCUT2D eigenvalue weighted by atomic mass is 10.1. The number of likely N-dealkylation sites (tertiary alicyclic amines) is 1. The molecule has 1 fully saturated rings. The average Bonchev–Trinajstić information content (AvgIpc) is 3.06. The molecule has 1 aliphatic rings. The van der Waals surface area contributed by atoms with Gasteiger partial charge in [0, 0.05) is 19.5 Å². The van der Waals surface area contributed by atoms with Crippen LogP contribution < -0.4 is 10.6 Å². The normalized spacial score (nSPS) is 17.4. The summed E-state index contributed by atoms with van der Waals surface area (Å²) in [6.07, 6.45) is 0.0481. The fourth-order valence-corrected chi connectivity index (χ4v) is 2.93. The van der Waals surface area contributed by atoms with Gasteiger partial charge in [-0.2, -0.15) is 0 Å². The van der Waals surface area contributed by atoms with Gasteiger partial charge >= 0.3 is 12.0 Å². The molecule has 152 valence electrons. The molecule has 8 nitrogen and oxygen atoms in total. The maximum atomic E-state index is 12.3. The topological polar surface area (TPSA) is 105 Å². The highest BCUT2D eigenvalue weighted by Gasteiger charge is 2.38. The summed E-state index contributed by atoms with van der Waals surface area (Å²) >= 11 is 0. The highest BCUT2D eigenvalue weighted by atomic mass is 16.5. The van der Waals surface area contributed by atoms with Crippen molar-refractivity contribution in [2.75, 3.05) is 19.7 Å². The predicted molar refractivity (Wildman–Crippen MR) is 102 cm³/mol. The fraction of sp³-hybridized carbons (Fsp3) is 0.500. The number of benzene rings is 1. The summed E-state index contributed by atoms with van der Waals surface area (Å²) in [5.74, 6) is -1.83. The monoisotopic (exact) mass is 389 g/mol. The van der Waals surface area contributed by atoms with Crippen molar-refractivity contribution in [3.63, 3.8) is 0 Å². The van der Waals surface area contributed by atoms with Gasteiger partial charge in [0.2, 0.25) is 5.91 Å². The molecule has 0 aliphatic carbocycles. The van der Waals surface area contributed by atoms with Crippen molar-refractivity contribution in [2.45, 2.75) is 33.2 Å². The number of rotatable bonds is 7. The van der Waals surface area contributed by atoms with E-state index in [1.165, 1.54) is 0 Å². The number of imide groups is 1. The molecule has 0 saturated carbocycles. The summed E-state index contributed by atoms with van der Waals surface area (Å²) in [6.45, 7) is 5.86. The first-order valence-corrected chi connectivity index (χ1v) is 9.36. The summed E-state index contributed by atoms with van der Waals surface area (Å²) in [6, 6.07) is 8.77. The van der Waals surface area contributed by atoms with Gasteiger partial charge in [-0.05, 0) is 18.4 Å². The number of nitrogens with zero attached hydrogens (tertiary/aromatic N) is 1. The van der Waals surface area contributed by atoms with Gasteiger partial charge in [-0.3, -0.25) is 19.7 Å². The van der Waals surface area contributed by atoms with Crippen LogP contribution in [0.2, 0.25) is 0 Å². The van der Waals surface area contributed by atoms with Crippen LogP contribution in [0, 0.1) is 11.8 Å². The van der Waals surface area contributed by atoms with Crippen molar-refractivity contribution >= 4 is 23.8 Å². The molecule has 0 spiro atoms. The third-order valence-corrected chi connectivity index (χ3v) is 4.51. The summed E-state index contributed by atoms with van der Waals surface area (Å²) in [7, 11) is 0. The van der Waals surface area contributed by atoms with Gasteiger partial charge in [0.25, 0.3) is 5.91 Å². The van der Waals surface area contributed by atoms with Gasteiger partial charge in [0.1, 0.15) is 0 Å². The van der Waals surface area contributed by atoms with Gasteiger partial charge < -0.3 is 15.0 Å². The number of amides is 4. The van der Waals surface area contributed by atoms with Crippen LogP contribution in [0.25, 0.3) is 0 Å². The molecule has 0 unspecified atom stereocenters. The molecule has 1 heterocycles. The van der Waals surface area contributed by atoms with Crippen LogP contribution in [-0.2, 0) is 19.1 Å². The summed E-state index contributed by atoms with van der Waals surface area (Å²) in [5, 5.41) is 4.63. The Morgan fingerprint density at radius 1 is 1.18 bits per heavy atom. The largest absolute Gasteiger partial charge is 0.455 e. The number of carbonyl (C=O) groups excluding carboxylic acids is 4. The Balaban J connectivity index is 1.79. The maximum Gasteiger partial charge on any atom is 0.321 e. The smallest absolute Gasteiger partial charge is 0.321 e. The van der Waals surface area contributed by atoms with Gasteiger partial charge in [0.05, 0.1) is 12.0 Å². The quantitative estimate of drug-likeness (QED) is 0.690. The molecule has 1 saturated heterocycles. The third kappa shape index (κ3) is 6.07. The lowest BCUT2D eigenvalue weighted by Crippen LogP contribution is -2.42. The van der Waals surface area contributed by atoms with Crippen molar-refractivity contribution < 1.29 is 23.9 Å². The minimum absolute atomic E-state index is 0.0481. The van der Waals surface area contributed by atoms with Crippen LogP contribution in [-0.4, -0.2) is 48.4 Å². The maximum absolute atomic E-state index is 12.3. The zero-order chi connectivity index (χ0) is 20.7. The molecule has 2 atom stereocenters. The highest BCUT2D eigenvalue weighted by Crippen LogP contribution is 2.28. The zero-order valence-corrected chi connectivity index (χ0v) is 16.4. The van der Waals surface area contributed by atoms with Crippen molar-refractivity contribution in [1.82, 2.24) is 15.5 Å². The number of nitrogens with one attached hydrogen (secondary N) is 2. The molecule has 0 aromatic heterocycles. The average molecular weight is 389 g/mol. The molecule has 1 aromatic carbocycles. The van der Waals surface area contributed by atoms with Gasteiger partial charge in [0.15, 0.2) is 6.61 Å². The van der Waals surface area contributed by atoms with E-state index in [9.17, 15) is 19.2 Å². The lowest BCUT2D eigenvalue weighted by Gasteiger charge is -2.25. The molecule has 0 bridgehead atoms. The Hall–Kier alpha value is -2.90. The van der Waals surface area contributed by atoms with E-state index in [0.717, 1.165) is 5.56 Å². The predicted octanol–water partition coefficient (Wildman–Crippen LogP) is 1.62. The number of hydrogen-bond donors (Lipinski definition) is 2. The molecule has 4 amide bonds. The first kappa shape index (κ1) is 21.4. The van der Waals surface area contributed by atoms with Gasteiger partial charge in [-0.1, -0.05) is 44.2 Å². The molecule has 2 N–H and O–H groups in total. The van der Waals surface area contributed by atoms with Crippen molar-refractivity contribution in [1.29, 1.82) is 0 Å². The standard InChI is InChI=1S/C20H27N3O5/c1-13(2)10-21-20(27)22-17(24)12-28-19(26)16-9-18(25)23(11-16)14(3)15-7-5-4-6-8-15/h4-8,13-14,16H,9-12H2,1-3H3,(H2,21,22,24,27)/t14-,16+/m0/s1. The lowest BCUT2D eigenvalue weighted by molar-refractivity contribution is -0.152. The molecular weight excluding hydrogens is 362 g/mol. The third-order valence-electron chi connectivity index (χ3n) is 4.51. The Kier molecular flexibility index (Phi) is 7.54. The van der Waals surface area contributed by atoms with E-state index in [1.807, 2.05) is 51.1 Å². The molecule has 8 heteroatoms. The Morgan fingerprint density at radius 3 is 2.50 bits per heavy atom. The Labute approximate surface area is 164 Å². The molecule has 2 rings (SSSR count). The SMILES string of the molecule is CC(C)CNC(=O)NC(=O)COC(=O)[C@@H]1CC(=O)N([C@@H](C)c2ccccc2)C1. The Bertz CT molecular complexity index is 720. The van der Waals surface area contributed by atoms with Crippen molar-refractivity contribution in [3.05, 3.63) is 35.9 Å². The molecule has 1 aromatic rings. The number of urea groups is 1. The Morgan fingerprint density at radius 2 is 1.86 bits per heavy atom. The molecule has 1 aliphatic heterocycles. The fourth-order valence-electron chi connectivity index (χ4n) is 2.93. The van der Waals surface area contributed by atoms with Gasteiger partial charge in [-0.15, -0.1) is 0 Å². The van der Waals surface area contributed by atoms with Crippen LogP contribution in [0.1, 0.15) is 38.8 Å². The van der Waals surface area contributed by atoms with E-state index < -0.39 is 30.4 Å². The number of ether oxygens (including phenoxy) is 1. The summed E-state index contributed by atoms with van der Waals surface area (Å²) < 4.78 is 4.99. The van der Waals surface area contributed by atoms with E-state index in [2.05, 4.69) is 10.6 Å². The van der Waals surface area contributed by atoms with Crippen LogP contribution in [0.4, 0.5) is 4.79 Å². The number of carbonyl (C=O) groups is 4. The van der Waals surface area contributed by atoms with Crippen LogP contribution in [0.3, 0.4) is 0 Å². The summed E-state index contributed by atoms with van der Waals surface area (Å²) in [5.41, 5.74) is 0.983. The second kappa shape index (κ2) is 9.87. The molecular formula is C20H27N3O5. The number of hydrogen-bond acceptors (Lipinski definition) is 5. The van der Waals surface area contributed by atoms with E-state index in [-0.39, 0.29) is 30.8 Å². The van der Waals surface area contributed by atoms with Gasteiger partial charge in [-0.25, -0.2) is 4.79 Å². The second-order valence-electron chi connectivity index (χ2n) is 7.29. The zero-order valence-electron chi connectivity index (χ0n) is 16.4. The van der Waals surface area contributed by atoms with Crippen molar-refractivity contribution in [2.24, 2.45) is 11.8 Å². The van der Waals surface area contributed by atoms with E-state index in [4.69, 9.17) is 4.74 Å². The molecule has 0 radical (unpaired) electrons. The minimum atomic E-state index is -0.714. The first-order chi connectivity index (χ1) is 13.3. The molecule has 28 heavy (non-hydrogen) atoms.